The molecule has 0 spiro atoms. The average molecular weight is 190 g/mol. The van der Waals surface area contributed by atoms with Gasteiger partial charge in [-0.25, -0.2) is 0 Å². The van der Waals surface area contributed by atoms with E-state index in [4.69, 9.17) is 0 Å². The number of hydrogen-bond acceptors (Lipinski definition) is 3. The third-order valence-corrected chi connectivity index (χ3v) is 2.12. The summed E-state index contributed by atoms with van der Waals surface area (Å²) in [5.41, 5.74) is 1.77. The van der Waals surface area contributed by atoms with E-state index < -0.39 is 0 Å². The Kier molecular flexibility index (Phi) is 1.96. The Balaban J connectivity index is 2.44. The van der Waals surface area contributed by atoms with Crippen LogP contribution in [-0.2, 0) is 0 Å². The lowest BCUT2D eigenvalue weighted by atomic mass is 10.1. The summed E-state index contributed by atoms with van der Waals surface area (Å²) in [6.07, 6.45) is 0. The first-order valence-corrected chi connectivity index (χ1v) is 4.46. The Bertz CT molecular complexity index is 413. The Morgan fingerprint density at radius 2 is 1.93 bits per heavy atom. The van der Waals surface area contributed by atoms with Crippen molar-refractivity contribution in [2.45, 2.75) is 6.92 Å². The number of rotatable bonds is 2. The number of imide groups is 1. The fraction of sp³-hybridized carbons (Fsp3) is 0.200. The molecule has 0 unspecified atom stereocenters. The summed E-state index contributed by atoms with van der Waals surface area (Å²) in [5.74, 6) is -0.627. The minimum atomic E-state index is -0.315. The molecule has 0 saturated carbocycles. The number of benzene rings is 1. The van der Waals surface area contributed by atoms with Gasteiger partial charge in [0.25, 0.3) is 11.8 Å². The van der Waals surface area contributed by atoms with Crippen molar-refractivity contribution in [1.82, 2.24) is 5.32 Å². The molecule has 4 heteroatoms. The molecule has 0 radical (unpaired) electrons. The number of hydrogen-bond donors (Lipinski definition) is 2. The molecule has 1 aliphatic heterocycles. The minimum absolute atomic E-state index is 0.312. The largest absolute Gasteiger partial charge is 0.385 e. The maximum absolute atomic E-state index is 11.3. The van der Waals surface area contributed by atoms with E-state index in [-0.39, 0.29) is 11.8 Å². The fourth-order valence-corrected chi connectivity index (χ4v) is 1.48. The van der Waals surface area contributed by atoms with Gasteiger partial charge in [-0.1, -0.05) is 0 Å². The van der Waals surface area contributed by atoms with Gasteiger partial charge < -0.3 is 5.32 Å². The Morgan fingerprint density at radius 1 is 1.21 bits per heavy atom. The summed E-state index contributed by atoms with van der Waals surface area (Å²) in [5, 5.41) is 5.33. The van der Waals surface area contributed by atoms with Crippen molar-refractivity contribution in [3.05, 3.63) is 29.3 Å². The standard InChI is InChI=1S/C10H10N2O2/c1-2-11-6-3-4-7-8(5-6)10(14)12-9(7)13/h3-5,11H,2H2,1H3,(H,12,13,14). The van der Waals surface area contributed by atoms with E-state index in [9.17, 15) is 9.59 Å². The van der Waals surface area contributed by atoms with Crippen LogP contribution < -0.4 is 10.6 Å². The van der Waals surface area contributed by atoms with Crippen LogP contribution in [-0.4, -0.2) is 18.4 Å². The number of anilines is 1. The summed E-state index contributed by atoms with van der Waals surface area (Å²) < 4.78 is 0. The molecule has 0 fully saturated rings. The molecule has 2 rings (SSSR count). The van der Waals surface area contributed by atoms with Crippen LogP contribution in [0.15, 0.2) is 18.2 Å². The first-order valence-electron chi connectivity index (χ1n) is 4.46. The molecule has 2 amide bonds. The molecule has 0 aromatic heterocycles. The second kappa shape index (κ2) is 3.14. The van der Waals surface area contributed by atoms with Gasteiger partial charge >= 0.3 is 0 Å². The Hall–Kier alpha value is -1.84. The molecule has 1 aliphatic rings. The maximum atomic E-state index is 11.3. The quantitative estimate of drug-likeness (QED) is 0.684. The summed E-state index contributed by atoms with van der Waals surface area (Å²) in [4.78, 5) is 22.5. The molecule has 0 bridgehead atoms. The highest BCUT2D eigenvalue weighted by Gasteiger charge is 2.26. The molecule has 0 saturated heterocycles. The number of fused-ring (bicyclic) bond motifs is 1. The van der Waals surface area contributed by atoms with Crippen LogP contribution in [0.4, 0.5) is 5.69 Å². The van der Waals surface area contributed by atoms with Crippen LogP contribution in [0.2, 0.25) is 0 Å². The molecule has 1 aromatic carbocycles. The van der Waals surface area contributed by atoms with Gasteiger partial charge in [-0.15, -0.1) is 0 Å². The van der Waals surface area contributed by atoms with E-state index in [0.717, 1.165) is 12.2 Å². The molecule has 4 nitrogen and oxygen atoms in total. The van der Waals surface area contributed by atoms with Crippen molar-refractivity contribution >= 4 is 17.5 Å². The zero-order valence-electron chi connectivity index (χ0n) is 7.76. The number of carbonyl (C=O) groups excluding carboxylic acids is 2. The monoisotopic (exact) mass is 190 g/mol. The normalized spacial score (nSPS) is 13.8. The maximum Gasteiger partial charge on any atom is 0.259 e. The molecule has 0 aliphatic carbocycles. The van der Waals surface area contributed by atoms with Crippen LogP contribution in [0.3, 0.4) is 0 Å². The highest BCUT2D eigenvalue weighted by Crippen LogP contribution is 2.19. The van der Waals surface area contributed by atoms with Gasteiger partial charge in [0.2, 0.25) is 0 Å². The average Bonchev–Trinajstić information content (AvgIpc) is 2.43. The second-order valence-corrected chi connectivity index (χ2v) is 3.07. The van der Waals surface area contributed by atoms with Crippen LogP contribution >= 0.6 is 0 Å². The molecule has 1 heterocycles. The van der Waals surface area contributed by atoms with Gasteiger partial charge in [0.1, 0.15) is 0 Å². The summed E-state index contributed by atoms with van der Waals surface area (Å²) in [6, 6.07) is 5.15. The third-order valence-electron chi connectivity index (χ3n) is 2.12. The zero-order valence-corrected chi connectivity index (χ0v) is 7.76. The summed E-state index contributed by atoms with van der Waals surface area (Å²) >= 11 is 0. The second-order valence-electron chi connectivity index (χ2n) is 3.07. The van der Waals surface area contributed by atoms with E-state index in [2.05, 4.69) is 10.6 Å². The zero-order chi connectivity index (χ0) is 10.1. The fourth-order valence-electron chi connectivity index (χ4n) is 1.48. The van der Waals surface area contributed by atoms with Gasteiger partial charge in [-0.2, -0.15) is 0 Å². The van der Waals surface area contributed by atoms with Gasteiger partial charge in [0.15, 0.2) is 0 Å². The highest BCUT2D eigenvalue weighted by atomic mass is 16.2. The van der Waals surface area contributed by atoms with E-state index in [0.29, 0.717) is 11.1 Å². The molecule has 14 heavy (non-hydrogen) atoms. The third kappa shape index (κ3) is 1.25. The first-order chi connectivity index (χ1) is 6.72. The number of amides is 2. The van der Waals surface area contributed by atoms with Gasteiger partial charge in [0, 0.05) is 12.2 Å². The summed E-state index contributed by atoms with van der Waals surface area (Å²) in [6.45, 7) is 2.76. The predicted molar refractivity (Wildman–Crippen MR) is 52.4 cm³/mol. The van der Waals surface area contributed by atoms with Crippen LogP contribution in [0.1, 0.15) is 27.6 Å². The summed E-state index contributed by atoms with van der Waals surface area (Å²) in [7, 11) is 0. The molecular weight excluding hydrogens is 180 g/mol. The first kappa shape index (κ1) is 8.74. The predicted octanol–water partition coefficient (Wildman–Crippen LogP) is 1.00. The van der Waals surface area contributed by atoms with Crippen molar-refractivity contribution in [3.8, 4) is 0 Å². The smallest absolute Gasteiger partial charge is 0.259 e. The van der Waals surface area contributed by atoms with Gasteiger partial charge in [-0.05, 0) is 25.1 Å². The molecule has 2 N–H and O–H groups in total. The lowest BCUT2D eigenvalue weighted by Gasteiger charge is -2.03. The van der Waals surface area contributed by atoms with Crippen molar-refractivity contribution in [1.29, 1.82) is 0 Å². The van der Waals surface area contributed by atoms with Crippen molar-refractivity contribution in [2.24, 2.45) is 0 Å². The minimum Gasteiger partial charge on any atom is -0.385 e. The van der Waals surface area contributed by atoms with Crippen molar-refractivity contribution in [2.75, 3.05) is 11.9 Å². The van der Waals surface area contributed by atoms with E-state index in [1.54, 1.807) is 18.2 Å². The highest BCUT2D eigenvalue weighted by molar-refractivity contribution is 6.21. The number of carbonyl (C=O) groups is 2. The van der Waals surface area contributed by atoms with Gasteiger partial charge in [-0.3, -0.25) is 14.9 Å². The van der Waals surface area contributed by atoms with Crippen LogP contribution in [0.5, 0.6) is 0 Å². The molecule has 72 valence electrons. The van der Waals surface area contributed by atoms with Crippen molar-refractivity contribution < 1.29 is 9.59 Å². The Labute approximate surface area is 81.3 Å². The lowest BCUT2D eigenvalue weighted by Crippen LogP contribution is -2.19. The lowest BCUT2D eigenvalue weighted by molar-refractivity contribution is 0.0879. The molecule has 0 atom stereocenters. The van der Waals surface area contributed by atoms with Crippen LogP contribution in [0.25, 0.3) is 0 Å². The number of nitrogens with one attached hydrogen (secondary N) is 2. The van der Waals surface area contributed by atoms with Gasteiger partial charge in [0.05, 0.1) is 11.1 Å². The SMILES string of the molecule is CCNc1ccc2c(c1)C(=O)NC2=O. The van der Waals surface area contributed by atoms with Crippen molar-refractivity contribution in [3.63, 3.8) is 0 Å². The van der Waals surface area contributed by atoms with E-state index in [1.807, 2.05) is 6.92 Å². The van der Waals surface area contributed by atoms with Crippen LogP contribution in [0, 0.1) is 0 Å². The topological polar surface area (TPSA) is 58.2 Å². The molecule has 1 aromatic rings. The Morgan fingerprint density at radius 3 is 2.64 bits per heavy atom. The van der Waals surface area contributed by atoms with E-state index >= 15 is 0 Å². The molecular formula is C10H10N2O2. The van der Waals surface area contributed by atoms with E-state index in [1.165, 1.54) is 0 Å².